The summed E-state index contributed by atoms with van der Waals surface area (Å²) in [5.41, 5.74) is 12.2. The molecule has 1 heterocycles. The van der Waals surface area contributed by atoms with Crippen LogP contribution in [0.2, 0.25) is 0 Å². The van der Waals surface area contributed by atoms with Gasteiger partial charge in [0.1, 0.15) is 30.5 Å². The Hall–Kier alpha value is -4.92. The largest absolute Gasteiger partial charge is 0.377 e. The molecule has 6 heteroatoms. The summed E-state index contributed by atoms with van der Waals surface area (Å²) in [5.74, 6) is 0. The molecule has 0 bridgehead atoms. The number of fused-ring (bicyclic) bond motifs is 1. The second kappa shape index (κ2) is 20.9. The van der Waals surface area contributed by atoms with Gasteiger partial charge in [-0.2, -0.15) is 0 Å². The molecular weight excluding hydrogens is 733 g/mol. The van der Waals surface area contributed by atoms with Crippen molar-refractivity contribution in [3.63, 3.8) is 0 Å². The van der Waals surface area contributed by atoms with Gasteiger partial charge < -0.3 is 28.4 Å². The summed E-state index contributed by atoms with van der Waals surface area (Å²) < 4.78 is 40.6. The lowest BCUT2D eigenvalue weighted by Gasteiger charge is -2.46. The van der Waals surface area contributed by atoms with Crippen LogP contribution in [-0.4, -0.2) is 37.6 Å². The van der Waals surface area contributed by atoms with Crippen LogP contribution in [0.25, 0.3) is 0 Å². The average molecular weight is 789 g/mol. The predicted octanol–water partition coefficient (Wildman–Crippen LogP) is 10.7. The van der Waals surface area contributed by atoms with E-state index in [1.165, 1.54) is 27.8 Å². The highest BCUT2D eigenvalue weighted by Crippen LogP contribution is 2.41. The van der Waals surface area contributed by atoms with Crippen LogP contribution in [0.3, 0.4) is 0 Å². The SMILES string of the molecule is CCOCc1ccc(Cc2cc([C@@H]3O[C@H](COCc4ccccc4)[C@@H](OCc4ccccc4)[C@H](OCc4ccccc4)[C@H]3OCc3ccccc3)cc3c2CCC3)cc1. The Bertz CT molecular complexity index is 2140. The quantitative estimate of drug-likeness (QED) is 0.0815. The molecule has 8 rings (SSSR count). The number of hydrogen-bond acceptors (Lipinski definition) is 6. The number of hydrogen-bond donors (Lipinski definition) is 0. The molecule has 1 fully saturated rings. The van der Waals surface area contributed by atoms with Gasteiger partial charge in [-0.25, -0.2) is 0 Å². The molecule has 0 aromatic heterocycles. The Labute approximate surface area is 350 Å². The lowest BCUT2D eigenvalue weighted by atomic mass is 9.87. The number of rotatable bonds is 19. The Balaban J connectivity index is 1.17. The van der Waals surface area contributed by atoms with E-state index in [2.05, 4.69) is 109 Å². The highest BCUT2D eigenvalue weighted by molar-refractivity contribution is 5.46. The first-order chi connectivity index (χ1) is 29.2. The number of ether oxygens (including phenoxy) is 6. The van der Waals surface area contributed by atoms with E-state index in [9.17, 15) is 0 Å². The van der Waals surface area contributed by atoms with Crippen LogP contribution in [-0.2, 0) is 80.7 Å². The molecule has 0 N–H and O–H groups in total. The van der Waals surface area contributed by atoms with Crippen LogP contribution >= 0.6 is 0 Å². The standard InChI is InChI=1S/C53H56O6/c1-2-54-33-44-28-26-39(27-29-44)30-46-32-47(31-45-24-15-25-48(45)46)50-52(57-36-42-20-11-5-12-21-42)53(58-37-43-22-13-6-14-23-43)51(56-35-41-18-9-4-10-19-41)49(59-50)38-55-34-40-16-7-3-8-17-40/h3-14,16-23,26-29,31-32,49-53H,2,15,24-25,30,33-38H2,1H3/t49-,50+,51-,52+,53+/m1/s1. The maximum Gasteiger partial charge on any atom is 0.117 e. The Morgan fingerprint density at radius 1 is 0.492 bits per heavy atom. The minimum atomic E-state index is -0.491. The molecule has 6 aromatic rings. The summed E-state index contributed by atoms with van der Waals surface area (Å²) >= 11 is 0. The fourth-order valence-electron chi connectivity index (χ4n) is 8.40. The lowest BCUT2D eigenvalue weighted by Crippen LogP contribution is -2.58. The summed E-state index contributed by atoms with van der Waals surface area (Å²) in [4.78, 5) is 0. The van der Waals surface area contributed by atoms with E-state index in [0.717, 1.165) is 53.5 Å². The Morgan fingerprint density at radius 3 is 1.56 bits per heavy atom. The van der Waals surface area contributed by atoms with Crippen molar-refractivity contribution in [3.05, 3.63) is 213 Å². The molecule has 1 saturated heterocycles. The van der Waals surface area contributed by atoms with Crippen LogP contribution < -0.4 is 0 Å². The minimum Gasteiger partial charge on any atom is -0.377 e. The van der Waals surface area contributed by atoms with Crippen LogP contribution in [0.1, 0.15) is 75.1 Å². The van der Waals surface area contributed by atoms with Gasteiger partial charge in [-0.05, 0) is 88.2 Å². The maximum absolute atomic E-state index is 7.34. The van der Waals surface area contributed by atoms with E-state index in [-0.39, 0.29) is 0 Å². The first kappa shape index (κ1) is 40.8. The van der Waals surface area contributed by atoms with Crippen molar-refractivity contribution in [3.8, 4) is 0 Å². The van der Waals surface area contributed by atoms with Crippen molar-refractivity contribution in [2.24, 2.45) is 0 Å². The molecule has 6 nitrogen and oxygen atoms in total. The molecular formula is C53H56O6. The van der Waals surface area contributed by atoms with Gasteiger partial charge in [0, 0.05) is 6.61 Å². The number of aryl methyl sites for hydroxylation is 1. The van der Waals surface area contributed by atoms with Gasteiger partial charge in [0.25, 0.3) is 0 Å². The van der Waals surface area contributed by atoms with Gasteiger partial charge in [0.05, 0.1) is 39.6 Å². The summed E-state index contributed by atoms with van der Waals surface area (Å²) in [6.45, 7) is 5.37. The summed E-state index contributed by atoms with van der Waals surface area (Å²) in [6.07, 6.45) is 1.76. The molecule has 1 aliphatic carbocycles. The van der Waals surface area contributed by atoms with Crippen LogP contribution in [0.5, 0.6) is 0 Å². The third-order valence-corrected chi connectivity index (χ3v) is 11.4. The van der Waals surface area contributed by atoms with Crippen molar-refractivity contribution >= 4 is 0 Å². The zero-order valence-corrected chi connectivity index (χ0v) is 34.1. The van der Waals surface area contributed by atoms with Crippen molar-refractivity contribution < 1.29 is 28.4 Å². The molecule has 5 atom stereocenters. The summed E-state index contributed by atoms with van der Waals surface area (Å²) in [7, 11) is 0. The monoisotopic (exact) mass is 788 g/mol. The number of benzene rings is 6. The summed E-state index contributed by atoms with van der Waals surface area (Å²) in [6, 6.07) is 54.9. The maximum atomic E-state index is 7.34. The molecule has 304 valence electrons. The highest BCUT2D eigenvalue weighted by Gasteiger charge is 2.49. The van der Waals surface area contributed by atoms with Gasteiger partial charge in [0.15, 0.2) is 0 Å². The van der Waals surface area contributed by atoms with Gasteiger partial charge in [-0.3, -0.25) is 0 Å². The van der Waals surface area contributed by atoms with Crippen LogP contribution in [0, 0.1) is 0 Å². The molecule has 0 spiro atoms. The average Bonchev–Trinajstić information content (AvgIpc) is 3.78. The summed E-state index contributed by atoms with van der Waals surface area (Å²) in [5, 5.41) is 0. The molecule has 0 saturated carbocycles. The predicted molar refractivity (Wildman–Crippen MR) is 232 cm³/mol. The third-order valence-electron chi connectivity index (χ3n) is 11.4. The molecule has 0 amide bonds. The van der Waals surface area contributed by atoms with Gasteiger partial charge in [-0.15, -0.1) is 0 Å². The smallest absolute Gasteiger partial charge is 0.117 e. The van der Waals surface area contributed by atoms with E-state index in [1.54, 1.807) is 0 Å². The van der Waals surface area contributed by atoms with Crippen molar-refractivity contribution in [2.75, 3.05) is 13.2 Å². The molecule has 2 aliphatic rings. The highest BCUT2D eigenvalue weighted by atomic mass is 16.6. The molecule has 6 aromatic carbocycles. The van der Waals surface area contributed by atoms with Gasteiger partial charge >= 0.3 is 0 Å². The zero-order valence-electron chi connectivity index (χ0n) is 34.1. The van der Waals surface area contributed by atoms with Crippen molar-refractivity contribution in [2.45, 2.75) is 96.2 Å². The van der Waals surface area contributed by atoms with Crippen molar-refractivity contribution in [1.29, 1.82) is 0 Å². The Kier molecular flexibility index (Phi) is 14.4. The molecule has 59 heavy (non-hydrogen) atoms. The Morgan fingerprint density at radius 2 is 0.983 bits per heavy atom. The van der Waals surface area contributed by atoms with Gasteiger partial charge in [0.2, 0.25) is 0 Å². The molecule has 0 unspecified atom stereocenters. The second-order valence-corrected chi connectivity index (χ2v) is 15.7. The van der Waals surface area contributed by atoms with Crippen LogP contribution in [0.4, 0.5) is 0 Å². The van der Waals surface area contributed by atoms with E-state index in [0.29, 0.717) is 46.2 Å². The van der Waals surface area contributed by atoms with Crippen molar-refractivity contribution in [1.82, 2.24) is 0 Å². The molecule has 0 radical (unpaired) electrons. The first-order valence-electron chi connectivity index (χ1n) is 21.2. The zero-order chi connectivity index (χ0) is 40.1. The lowest BCUT2D eigenvalue weighted by molar-refractivity contribution is -0.275. The van der Waals surface area contributed by atoms with E-state index < -0.39 is 30.5 Å². The van der Waals surface area contributed by atoms with Crippen LogP contribution in [0.15, 0.2) is 158 Å². The van der Waals surface area contributed by atoms with E-state index in [1.807, 2.05) is 55.5 Å². The normalized spacial score (nSPS) is 20.1. The first-order valence-corrected chi connectivity index (χ1v) is 21.2. The van der Waals surface area contributed by atoms with E-state index >= 15 is 0 Å². The fourth-order valence-corrected chi connectivity index (χ4v) is 8.40. The minimum absolute atomic E-state index is 0.327. The second-order valence-electron chi connectivity index (χ2n) is 15.7. The van der Waals surface area contributed by atoms with E-state index in [4.69, 9.17) is 28.4 Å². The fraction of sp³-hybridized carbons (Fsp3) is 0.321. The molecule has 1 aliphatic heterocycles. The third kappa shape index (κ3) is 11.0. The topological polar surface area (TPSA) is 55.4 Å². The van der Waals surface area contributed by atoms with Gasteiger partial charge in [-0.1, -0.05) is 158 Å².